The number of sulfone groups is 1. The number of nitrogens with zero attached hydrogens (tertiary/aromatic N) is 1. The van der Waals surface area contributed by atoms with Gasteiger partial charge in [-0.05, 0) is 25.7 Å². The van der Waals surface area contributed by atoms with Crippen LogP contribution in [0.5, 0.6) is 0 Å². The molecule has 1 rings (SSSR count). The molecule has 0 aliphatic carbocycles. The highest BCUT2D eigenvalue weighted by Gasteiger charge is 2.40. The summed E-state index contributed by atoms with van der Waals surface area (Å²) in [5.74, 6) is -0.352. The Kier molecular flexibility index (Phi) is 5.38. The summed E-state index contributed by atoms with van der Waals surface area (Å²) in [4.78, 5) is 12.3. The number of hydrogen-bond donors (Lipinski definition) is 3. The predicted molar refractivity (Wildman–Crippen MR) is 76.2 cm³/mol. The van der Waals surface area contributed by atoms with Crippen molar-refractivity contribution in [1.82, 2.24) is 5.32 Å². The Hall–Kier alpha value is -1.31. The van der Waals surface area contributed by atoms with Crippen LogP contribution in [-0.4, -0.2) is 42.9 Å². The third-order valence-corrected chi connectivity index (χ3v) is 6.47. The van der Waals surface area contributed by atoms with Crippen LogP contribution in [0.25, 0.3) is 0 Å². The summed E-state index contributed by atoms with van der Waals surface area (Å²) >= 11 is 0. The van der Waals surface area contributed by atoms with Crippen LogP contribution in [0.1, 0.15) is 39.5 Å². The standard InChI is InChI=1S/C12H23N3O4S/c1-3-12(4-2,10(13)15-17)11(16)14-8-9-6-5-7-20(9,18)19/h9,17H,3-8H2,1-2H3,(H2,13,15)(H,14,16). The molecule has 1 aliphatic heterocycles. The largest absolute Gasteiger partial charge is 0.409 e. The van der Waals surface area contributed by atoms with E-state index in [2.05, 4.69) is 10.5 Å². The summed E-state index contributed by atoms with van der Waals surface area (Å²) in [6.07, 6.45) is 1.96. The number of carbonyl (C=O) groups is 1. The van der Waals surface area contributed by atoms with Gasteiger partial charge in [0, 0.05) is 6.54 Å². The molecule has 0 aromatic heterocycles. The topological polar surface area (TPSA) is 122 Å². The van der Waals surface area contributed by atoms with Crippen molar-refractivity contribution in [3.8, 4) is 0 Å². The second-order valence-corrected chi connectivity index (χ2v) is 7.52. The minimum Gasteiger partial charge on any atom is -0.409 e. The van der Waals surface area contributed by atoms with E-state index in [9.17, 15) is 13.2 Å². The van der Waals surface area contributed by atoms with Gasteiger partial charge < -0.3 is 16.3 Å². The molecule has 1 atom stereocenters. The fourth-order valence-corrected chi connectivity index (χ4v) is 4.37. The summed E-state index contributed by atoms with van der Waals surface area (Å²) in [7, 11) is -3.09. The van der Waals surface area contributed by atoms with Crippen molar-refractivity contribution >= 4 is 21.6 Å². The van der Waals surface area contributed by atoms with Gasteiger partial charge in [-0.15, -0.1) is 0 Å². The lowest BCUT2D eigenvalue weighted by Crippen LogP contribution is -2.51. The molecule has 1 heterocycles. The Balaban J connectivity index is 2.78. The monoisotopic (exact) mass is 305 g/mol. The summed E-state index contributed by atoms with van der Waals surface area (Å²) < 4.78 is 23.4. The zero-order chi connectivity index (χ0) is 15.4. The van der Waals surface area contributed by atoms with Gasteiger partial charge in [-0.1, -0.05) is 19.0 Å². The lowest BCUT2D eigenvalue weighted by atomic mass is 9.80. The predicted octanol–water partition coefficient (Wildman–Crippen LogP) is 0.233. The summed E-state index contributed by atoms with van der Waals surface area (Å²) in [6, 6.07) is 0. The van der Waals surface area contributed by atoms with Crippen molar-refractivity contribution in [2.24, 2.45) is 16.3 Å². The van der Waals surface area contributed by atoms with Crippen molar-refractivity contribution in [2.75, 3.05) is 12.3 Å². The number of rotatable bonds is 6. The lowest BCUT2D eigenvalue weighted by molar-refractivity contribution is -0.128. The van der Waals surface area contributed by atoms with Gasteiger partial charge in [0.1, 0.15) is 5.41 Å². The van der Waals surface area contributed by atoms with Gasteiger partial charge in [-0.3, -0.25) is 4.79 Å². The second-order valence-electron chi connectivity index (χ2n) is 5.12. The third kappa shape index (κ3) is 3.05. The van der Waals surface area contributed by atoms with Crippen molar-refractivity contribution in [3.63, 3.8) is 0 Å². The SMILES string of the molecule is CCC(CC)(C(=O)NCC1CCCS1(=O)=O)C(N)=NO. The van der Waals surface area contributed by atoms with E-state index < -0.39 is 20.5 Å². The summed E-state index contributed by atoms with van der Waals surface area (Å²) in [5.41, 5.74) is 4.55. The molecular formula is C12H23N3O4S. The van der Waals surface area contributed by atoms with Crippen molar-refractivity contribution in [3.05, 3.63) is 0 Å². The molecule has 0 spiro atoms. The average Bonchev–Trinajstić information content (AvgIpc) is 2.76. The number of amidine groups is 1. The lowest BCUT2D eigenvalue weighted by Gasteiger charge is -2.29. The fourth-order valence-electron chi connectivity index (χ4n) is 2.61. The zero-order valence-electron chi connectivity index (χ0n) is 11.9. The van der Waals surface area contributed by atoms with E-state index >= 15 is 0 Å². The van der Waals surface area contributed by atoms with Gasteiger partial charge in [-0.25, -0.2) is 8.42 Å². The number of carbonyl (C=O) groups excluding carboxylic acids is 1. The molecule has 0 saturated carbocycles. The molecule has 1 fully saturated rings. The Morgan fingerprint density at radius 1 is 1.45 bits per heavy atom. The molecule has 1 amide bonds. The van der Waals surface area contributed by atoms with E-state index in [1.165, 1.54) is 0 Å². The maximum atomic E-state index is 12.3. The van der Waals surface area contributed by atoms with Gasteiger partial charge in [0.15, 0.2) is 15.7 Å². The molecule has 0 aromatic carbocycles. The van der Waals surface area contributed by atoms with Gasteiger partial charge in [0.05, 0.1) is 11.0 Å². The number of amides is 1. The van der Waals surface area contributed by atoms with E-state index in [0.717, 1.165) is 0 Å². The quantitative estimate of drug-likeness (QED) is 0.281. The second kappa shape index (κ2) is 6.43. The fraction of sp³-hybridized carbons (Fsp3) is 0.833. The number of nitrogens with two attached hydrogens (primary N) is 1. The molecular weight excluding hydrogens is 282 g/mol. The van der Waals surface area contributed by atoms with Crippen molar-refractivity contribution in [1.29, 1.82) is 0 Å². The molecule has 0 radical (unpaired) electrons. The van der Waals surface area contributed by atoms with Crippen LogP contribution in [-0.2, 0) is 14.6 Å². The maximum absolute atomic E-state index is 12.3. The molecule has 1 saturated heterocycles. The highest BCUT2D eigenvalue weighted by Crippen LogP contribution is 2.27. The summed E-state index contributed by atoms with van der Waals surface area (Å²) in [6.45, 7) is 3.63. The van der Waals surface area contributed by atoms with Crippen LogP contribution < -0.4 is 11.1 Å². The molecule has 1 unspecified atom stereocenters. The van der Waals surface area contributed by atoms with Gasteiger partial charge in [-0.2, -0.15) is 0 Å². The van der Waals surface area contributed by atoms with E-state index in [1.54, 1.807) is 13.8 Å². The van der Waals surface area contributed by atoms with E-state index in [0.29, 0.717) is 25.7 Å². The van der Waals surface area contributed by atoms with Crippen molar-refractivity contribution in [2.45, 2.75) is 44.8 Å². The molecule has 0 aromatic rings. The highest BCUT2D eigenvalue weighted by atomic mass is 32.2. The first kappa shape index (κ1) is 16.7. The van der Waals surface area contributed by atoms with E-state index in [-0.39, 0.29) is 24.0 Å². The molecule has 116 valence electrons. The minimum absolute atomic E-state index is 0.0849. The Labute approximate surface area is 119 Å². The maximum Gasteiger partial charge on any atom is 0.233 e. The smallest absolute Gasteiger partial charge is 0.233 e. The van der Waals surface area contributed by atoms with Crippen molar-refractivity contribution < 1.29 is 18.4 Å². The first-order valence-corrected chi connectivity index (χ1v) is 8.53. The van der Waals surface area contributed by atoms with Gasteiger partial charge >= 0.3 is 0 Å². The normalized spacial score (nSPS) is 22.7. The van der Waals surface area contributed by atoms with Crippen LogP contribution in [0, 0.1) is 5.41 Å². The van der Waals surface area contributed by atoms with Gasteiger partial charge in [0.2, 0.25) is 5.91 Å². The molecule has 0 bridgehead atoms. The van der Waals surface area contributed by atoms with Crippen LogP contribution in [0.3, 0.4) is 0 Å². The Morgan fingerprint density at radius 3 is 2.45 bits per heavy atom. The Morgan fingerprint density at radius 2 is 2.05 bits per heavy atom. The van der Waals surface area contributed by atoms with Crippen LogP contribution in [0.4, 0.5) is 0 Å². The summed E-state index contributed by atoms with van der Waals surface area (Å²) in [5, 5.41) is 13.9. The Bertz CT molecular complexity index is 483. The molecule has 20 heavy (non-hydrogen) atoms. The third-order valence-electron chi connectivity index (χ3n) is 4.19. The van der Waals surface area contributed by atoms with Gasteiger partial charge in [0.25, 0.3) is 0 Å². The molecule has 8 heteroatoms. The average molecular weight is 305 g/mol. The molecule has 4 N–H and O–H groups in total. The molecule has 7 nitrogen and oxygen atoms in total. The number of hydrogen-bond acceptors (Lipinski definition) is 5. The highest BCUT2D eigenvalue weighted by molar-refractivity contribution is 7.92. The first-order valence-electron chi connectivity index (χ1n) is 6.82. The number of nitrogens with one attached hydrogen (secondary N) is 1. The number of oxime groups is 1. The minimum atomic E-state index is -3.09. The molecule has 1 aliphatic rings. The van der Waals surface area contributed by atoms with E-state index in [1.807, 2.05) is 0 Å². The zero-order valence-corrected chi connectivity index (χ0v) is 12.7. The van der Waals surface area contributed by atoms with Crippen LogP contribution in [0.15, 0.2) is 5.16 Å². The van der Waals surface area contributed by atoms with Crippen LogP contribution in [0.2, 0.25) is 0 Å². The first-order chi connectivity index (χ1) is 9.34. The van der Waals surface area contributed by atoms with Crippen LogP contribution >= 0.6 is 0 Å². The van der Waals surface area contributed by atoms with E-state index in [4.69, 9.17) is 10.9 Å².